The number of hydrogen-bond acceptors (Lipinski definition) is 4. The highest BCUT2D eigenvalue weighted by atomic mass is 32.2. The zero-order valence-electron chi connectivity index (χ0n) is 15.9. The normalized spacial score (nSPS) is 11.4. The Hall–Kier alpha value is -2.38. The van der Waals surface area contributed by atoms with E-state index in [1.54, 1.807) is 12.1 Å². The maximum absolute atomic E-state index is 12.3. The molecular weight excluding hydrogens is 364 g/mol. The van der Waals surface area contributed by atoms with Gasteiger partial charge in [0.2, 0.25) is 10.0 Å². The van der Waals surface area contributed by atoms with Gasteiger partial charge in [0.15, 0.2) is 0 Å². The van der Waals surface area contributed by atoms with Crippen LogP contribution in [-0.4, -0.2) is 45.9 Å². The van der Waals surface area contributed by atoms with Crippen molar-refractivity contribution < 1.29 is 17.9 Å². The van der Waals surface area contributed by atoms with E-state index in [-0.39, 0.29) is 10.8 Å². The Morgan fingerprint density at radius 2 is 1.81 bits per heavy atom. The molecule has 0 saturated carbocycles. The minimum Gasteiger partial charge on any atom is -0.494 e. The number of benzene rings is 2. The minimum atomic E-state index is -3.56. The predicted octanol–water partition coefficient (Wildman–Crippen LogP) is 2.70. The Morgan fingerprint density at radius 3 is 2.44 bits per heavy atom. The van der Waals surface area contributed by atoms with E-state index in [0.29, 0.717) is 18.7 Å². The lowest BCUT2D eigenvalue weighted by Crippen LogP contribution is -2.26. The van der Waals surface area contributed by atoms with Gasteiger partial charge in [0.1, 0.15) is 5.75 Å². The van der Waals surface area contributed by atoms with Crippen molar-refractivity contribution in [3.8, 4) is 5.75 Å². The quantitative estimate of drug-likeness (QED) is 0.668. The summed E-state index contributed by atoms with van der Waals surface area (Å²) in [6.07, 6.45) is 1.62. The van der Waals surface area contributed by atoms with Crippen molar-refractivity contribution in [2.24, 2.45) is 0 Å². The average molecular weight is 391 g/mol. The predicted molar refractivity (Wildman–Crippen MR) is 106 cm³/mol. The third-order valence-corrected chi connectivity index (χ3v) is 5.85. The highest BCUT2D eigenvalue weighted by Gasteiger charge is 2.18. The number of hydrogen-bond donors (Lipinski definition) is 1. The molecule has 7 heteroatoms. The van der Waals surface area contributed by atoms with Gasteiger partial charge in [-0.3, -0.25) is 4.79 Å². The maximum Gasteiger partial charge on any atom is 0.251 e. The fraction of sp³-hybridized carbons (Fsp3) is 0.350. The maximum atomic E-state index is 12.3. The highest BCUT2D eigenvalue weighted by Crippen LogP contribution is 2.15. The number of carbonyl (C=O) groups excluding carboxylic acids is 1. The average Bonchev–Trinajstić information content (AvgIpc) is 2.66. The molecule has 2 aromatic carbocycles. The minimum absolute atomic E-state index is 0.106. The molecule has 0 atom stereocenters. The molecule has 1 amide bonds. The van der Waals surface area contributed by atoms with Crippen LogP contribution in [0.15, 0.2) is 53.4 Å². The van der Waals surface area contributed by atoms with Gasteiger partial charge in [-0.25, -0.2) is 12.7 Å². The topological polar surface area (TPSA) is 75.7 Å². The molecule has 0 aliphatic carbocycles. The van der Waals surface area contributed by atoms with Gasteiger partial charge in [-0.1, -0.05) is 18.2 Å². The number of amides is 1. The SMILES string of the molecule is CCOc1ccc(CCCNC(=O)c2cccc(S(=O)(=O)N(C)C)c2)cc1. The van der Waals surface area contributed by atoms with E-state index in [1.807, 2.05) is 31.2 Å². The molecule has 2 aromatic rings. The van der Waals surface area contributed by atoms with E-state index in [4.69, 9.17) is 4.74 Å². The zero-order chi connectivity index (χ0) is 19.9. The van der Waals surface area contributed by atoms with E-state index in [2.05, 4.69) is 5.32 Å². The molecule has 27 heavy (non-hydrogen) atoms. The number of aryl methyl sites for hydroxylation is 1. The second kappa shape index (κ2) is 9.53. The summed E-state index contributed by atoms with van der Waals surface area (Å²) in [6, 6.07) is 14.0. The largest absolute Gasteiger partial charge is 0.494 e. The molecule has 0 unspecified atom stereocenters. The summed E-state index contributed by atoms with van der Waals surface area (Å²) in [6.45, 7) is 3.10. The van der Waals surface area contributed by atoms with Crippen LogP contribution in [0.1, 0.15) is 29.3 Å². The van der Waals surface area contributed by atoms with Crippen molar-refractivity contribution in [1.82, 2.24) is 9.62 Å². The summed E-state index contributed by atoms with van der Waals surface area (Å²) in [5.41, 5.74) is 1.51. The molecule has 0 aromatic heterocycles. The molecule has 0 radical (unpaired) electrons. The number of rotatable bonds is 9. The van der Waals surface area contributed by atoms with Crippen LogP contribution in [0.25, 0.3) is 0 Å². The number of ether oxygens (including phenoxy) is 1. The monoisotopic (exact) mass is 390 g/mol. The van der Waals surface area contributed by atoms with E-state index in [9.17, 15) is 13.2 Å². The first-order valence-corrected chi connectivity index (χ1v) is 10.3. The van der Waals surface area contributed by atoms with Gasteiger partial charge in [-0.15, -0.1) is 0 Å². The summed E-state index contributed by atoms with van der Waals surface area (Å²) in [5, 5.41) is 2.84. The molecule has 0 spiro atoms. The number of nitrogens with zero attached hydrogens (tertiary/aromatic N) is 1. The van der Waals surface area contributed by atoms with Crippen molar-refractivity contribution in [2.75, 3.05) is 27.2 Å². The molecule has 0 bridgehead atoms. The summed E-state index contributed by atoms with van der Waals surface area (Å²) < 4.78 is 30.9. The first-order chi connectivity index (χ1) is 12.8. The van der Waals surface area contributed by atoms with Crippen LogP contribution in [0.5, 0.6) is 5.75 Å². The number of carbonyl (C=O) groups is 1. The van der Waals surface area contributed by atoms with Gasteiger partial charge < -0.3 is 10.1 Å². The van der Waals surface area contributed by atoms with Crippen molar-refractivity contribution >= 4 is 15.9 Å². The Kier molecular flexibility index (Phi) is 7.38. The fourth-order valence-electron chi connectivity index (χ4n) is 2.52. The lowest BCUT2D eigenvalue weighted by atomic mass is 10.1. The van der Waals surface area contributed by atoms with Crippen LogP contribution in [0.4, 0.5) is 0 Å². The van der Waals surface area contributed by atoms with E-state index < -0.39 is 10.0 Å². The Labute approximate surface area is 161 Å². The molecule has 0 saturated heterocycles. The van der Waals surface area contributed by atoms with Gasteiger partial charge >= 0.3 is 0 Å². The third kappa shape index (κ3) is 5.80. The summed E-state index contributed by atoms with van der Waals surface area (Å²) in [5.74, 6) is 0.569. The molecule has 0 heterocycles. The first-order valence-electron chi connectivity index (χ1n) is 8.87. The molecule has 1 N–H and O–H groups in total. The summed E-state index contributed by atoms with van der Waals surface area (Å²) in [7, 11) is -0.636. The van der Waals surface area contributed by atoms with Crippen LogP contribution in [0.3, 0.4) is 0 Å². The lowest BCUT2D eigenvalue weighted by molar-refractivity contribution is 0.0953. The molecule has 6 nitrogen and oxygen atoms in total. The summed E-state index contributed by atoms with van der Waals surface area (Å²) in [4.78, 5) is 12.4. The standard InChI is InChI=1S/C20H26N2O4S/c1-4-26-18-12-10-16(11-13-18)7-6-14-21-20(23)17-8-5-9-19(15-17)27(24,25)22(2)3/h5,8-13,15H,4,6-7,14H2,1-3H3,(H,21,23). The van der Waals surface area contributed by atoms with Crippen LogP contribution in [0.2, 0.25) is 0 Å². The van der Waals surface area contributed by atoms with Crippen LogP contribution < -0.4 is 10.1 Å². The molecule has 146 valence electrons. The number of sulfonamides is 1. The first kappa shape index (κ1) is 20.9. The summed E-state index contributed by atoms with van der Waals surface area (Å²) >= 11 is 0. The van der Waals surface area contributed by atoms with E-state index in [0.717, 1.165) is 22.9 Å². The van der Waals surface area contributed by atoms with Crippen molar-refractivity contribution in [3.05, 3.63) is 59.7 Å². The van der Waals surface area contributed by atoms with Gasteiger partial charge in [-0.05, 0) is 55.7 Å². The van der Waals surface area contributed by atoms with Crippen LogP contribution in [0, 0.1) is 0 Å². The van der Waals surface area contributed by atoms with E-state index >= 15 is 0 Å². The molecule has 0 aliphatic heterocycles. The van der Waals surface area contributed by atoms with Crippen molar-refractivity contribution in [1.29, 1.82) is 0 Å². The van der Waals surface area contributed by atoms with Gasteiger partial charge in [0.25, 0.3) is 5.91 Å². The zero-order valence-corrected chi connectivity index (χ0v) is 16.8. The third-order valence-electron chi connectivity index (χ3n) is 4.04. The fourth-order valence-corrected chi connectivity index (χ4v) is 3.47. The van der Waals surface area contributed by atoms with Gasteiger partial charge in [-0.2, -0.15) is 0 Å². The molecule has 0 fully saturated rings. The van der Waals surface area contributed by atoms with Gasteiger partial charge in [0, 0.05) is 26.2 Å². The van der Waals surface area contributed by atoms with Crippen molar-refractivity contribution in [2.45, 2.75) is 24.7 Å². The Bertz CT molecular complexity index is 862. The van der Waals surface area contributed by atoms with Crippen LogP contribution in [-0.2, 0) is 16.4 Å². The molecular formula is C20H26N2O4S. The second-order valence-electron chi connectivity index (χ2n) is 6.25. The van der Waals surface area contributed by atoms with Gasteiger partial charge in [0.05, 0.1) is 11.5 Å². The second-order valence-corrected chi connectivity index (χ2v) is 8.40. The lowest BCUT2D eigenvalue weighted by Gasteiger charge is -2.12. The highest BCUT2D eigenvalue weighted by molar-refractivity contribution is 7.89. The van der Waals surface area contributed by atoms with Crippen LogP contribution >= 0.6 is 0 Å². The Balaban J connectivity index is 1.87. The molecule has 2 rings (SSSR count). The molecule has 0 aliphatic rings. The Morgan fingerprint density at radius 1 is 1.11 bits per heavy atom. The number of nitrogens with one attached hydrogen (secondary N) is 1. The van der Waals surface area contributed by atoms with E-state index in [1.165, 1.54) is 31.8 Å². The smallest absolute Gasteiger partial charge is 0.251 e. The van der Waals surface area contributed by atoms with Crippen molar-refractivity contribution in [3.63, 3.8) is 0 Å².